The van der Waals surface area contributed by atoms with Gasteiger partial charge in [-0.1, -0.05) is 24.6 Å². The molecule has 0 unspecified atom stereocenters. The molecule has 3 rings (SSSR count). The number of benzene rings is 1. The number of methoxy groups -OCH3 is 1. The van der Waals surface area contributed by atoms with E-state index in [2.05, 4.69) is 11.9 Å². The molecule has 2 aromatic heterocycles. The number of aryl methyl sites for hydroxylation is 2. The highest BCUT2D eigenvalue weighted by Gasteiger charge is 2.10. The van der Waals surface area contributed by atoms with Crippen molar-refractivity contribution in [3.63, 3.8) is 0 Å². The third-order valence-corrected chi connectivity index (χ3v) is 4.88. The van der Waals surface area contributed by atoms with Crippen LogP contribution in [0.15, 0.2) is 35.4 Å². The van der Waals surface area contributed by atoms with Crippen LogP contribution in [0.1, 0.15) is 22.9 Å². The van der Waals surface area contributed by atoms with Crippen molar-refractivity contribution in [2.45, 2.75) is 26.8 Å². The van der Waals surface area contributed by atoms with Crippen molar-refractivity contribution in [1.82, 2.24) is 9.55 Å². The molecule has 0 aliphatic carbocycles. The number of hydrogen-bond donors (Lipinski definition) is 0. The minimum absolute atomic E-state index is 0.00418. The zero-order valence-corrected chi connectivity index (χ0v) is 13.7. The topological polar surface area (TPSA) is 44.1 Å². The molecule has 0 amide bonds. The number of rotatable bonds is 4. The Morgan fingerprint density at radius 3 is 2.86 bits per heavy atom. The highest BCUT2D eigenvalue weighted by atomic mass is 32.1. The molecular weight excluding hydrogens is 296 g/mol. The summed E-state index contributed by atoms with van der Waals surface area (Å²) in [7, 11) is 1.64. The average molecular weight is 314 g/mol. The smallest absolute Gasteiger partial charge is 0.262 e. The number of thiophene rings is 1. The Bertz CT molecular complexity index is 880. The van der Waals surface area contributed by atoms with Crippen LogP contribution in [0.2, 0.25) is 0 Å². The molecule has 0 N–H and O–H groups in total. The van der Waals surface area contributed by atoms with E-state index in [9.17, 15) is 4.79 Å². The summed E-state index contributed by atoms with van der Waals surface area (Å²) in [5, 5.41) is 0.705. The summed E-state index contributed by atoms with van der Waals surface area (Å²) < 4.78 is 7.03. The van der Waals surface area contributed by atoms with Gasteiger partial charge in [0.25, 0.3) is 5.56 Å². The van der Waals surface area contributed by atoms with E-state index in [-0.39, 0.29) is 5.56 Å². The first-order valence-corrected chi connectivity index (χ1v) is 8.05. The van der Waals surface area contributed by atoms with E-state index >= 15 is 0 Å². The second kappa shape index (κ2) is 5.93. The van der Waals surface area contributed by atoms with Crippen molar-refractivity contribution in [3.8, 4) is 5.75 Å². The monoisotopic (exact) mass is 314 g/mol. The third-order valence-electron chi connectivity index (χ3n) is 3.69. The van der Waals surface area contributed by atoms with Crippen molar-refractivity contribution in [2.24, 2.45) is 0 Å². The fraction of sp³-hybridized carbons (Fsp3) is 0.294. The van der Waals surface area contributed by atoms with E-state index in [4.69, 9.17) is 4.74 Å². The van der Waals surface area contributed by atoms with Gasteiger partial charge in [-0.25, -0.2) is 4.98 Å². The Labute approximate surface area is 133 Å². The van der Waals surface area contributed by atoms with E-state index in [1.54, 1.807) is 29.3 Å². The lowest BCUT2D eigenvalue weighted by atomic mass is 10.1. The molecule has 4 nitrogen and oxygen atoms in total. The molecule has 0 aliphatic heterocycles. The molecule has 0 saturated carbocycles. The molecule has 0 aliphatic rings. The summed E-state index contributed by atoms with van der Waals surface area (Å²) in [4.78, 5) is 19.1. The lowest BCUT2D eigenvalue weighted by molar-refractivity contribution is 0.408. The highest BCUT2D eigenvalue weighted by molar-refractivity contribution is 7.18. The summed E-state index contributed by atoms with van der Waals surface area (Å²) in [5.41, 5.74) is 2.13. The van der Waals surface area contributed by atoms with Gasteiger partial charge in [0, 0.05) is 10.4 Å². The number of hydrogen-bond acceptors (Lipinski definition) is 4. The number of fused-ring (bicyclic) bond motifs is 1. The summed E-state index contributed by atoms with van der Waals surface area (Å²) >= 11 is 1.59. The van der Waals surface area contributed by atoms with Crippen molar-refractivity contribution >= 4 is 21.6 Å². The van der Waals surface area contributed by atoms with Gasteiger partial charge >= 0.3 is 0 Å². The minimum Gasteiger partial charge on any atom is -0.496 e. The van der Waals surface area contributed by atoms with Crippen LogP contribution in [-0.2, 0) is 13.0 Å². The Hall–Kier alpha value is -2.14. The first-order valence-electron chi connectivity index (χ1n) is 7.23. The predicted molar refractivity (Wildman–Crippen MR) is 90.1 cm³/mol. The Balaban J connectivity index is 2.06. The Kier molecular flexibility index (Phi) is 3.98. The SMILES string of the molecule is CCc1cc2c(=O)n(Cc3cc(C)ccc3OC)cnc2s1. The second-order valence-corrected chi connectivity index (χ2v) is 6.39. The molecule has 0 spiro atoms. The van der Waals surface area contributed by atoms with Crippen LogP contribution in [0, 0.1) is 6.92 Å². The van der Waals surface area contributed by atoms with Crippen LogP contribution in [0.25, 0.3) is 10.2 Å². The highest BCUT2D eigenvalue weighted by Crippen LogP contribution is 2.23. The fourth-order valence-corrected chi connectivity index (χ4v) is 3.44. The number of ether oxygens (including phenoxy) is 1. The average Bonchev–Trinajstić information content (AvgIpc) is 2.94. The fourth-order valence-electron chi connectivity index (χ4n) is 2.51. The molecule has 0 fully saturated rings. The summed E-state index contributed by atoms with van der Waals surface area (Å²) in [6, 6.07) is 7.93. The number of nitrogens with zero attached hydrogens (tertiary/aromatic N) is 2. The van der Waals surface area contributed by atoms with Crippen LogP contribution in [0.5, 0.6) is 5.75 Å². The second-order valence-electron chi connectivity index (χ2n) is 5.28. The minimum atomic E-state index is 0.00418. The third kappa shape index (κ3) is 2.64. The molecule has 0 atom stereocenters. The van der Waals surface area contributed by atoms with E-state index in [1.807, 2.05) is 31.2 Å². The maximum Gasteiger partial charge on any atom is 0.262 e. The van der Waals surface area contributed by atoms with Crippen LogP contribution >= 0.6 is 11.3 Å². The Morgan fingerprint density at radius 2 is 2.14 bits per heavy atom. The Morgan fingerprint density at radius 1 is 1.32 bits per heavy atom. The maximum absolute atomic E-state index is 12.6. The normalized spacial score (nSPS) is 11.0. The maximum atomic E-state index is 12.6. The lowest BCUT2D eigenvalue weighted by Crippen LogP contribution is -2.20. The summed E-state index contributed by atoms with van der Waals surface area (Å²) in [6.07, 6.45) is 2.55. The quantitative estimate of drug-likeness (QED) is 0.741. The van der Waals surface area contributed by atoms with Gasteiger partial charge in [-0.05, 0) is 25.5 Å². The lowest BCUT2D eigenvalue weighted by Gasteiger charge is -2.11. The molecule has 5 heteroatoms. The first kappa shape index (κ1) is 14.8. The van der Waals surface area contributed by atoms with Crippen molar-refractivity contribution in [1.29, 1.82) is 0 Å². The molecule has 3 aromatic rings. The van der Waals surface area contributed by atoms with E-state index in [1.165, 1.54) is 4.88 Å². The summed E-state index contributed by atoms with van der Waals surface area (Å²) in [6.45, 7) is 4.57. The van der Waals surface area contributed by atoms with Gasteiger partial charge in [-0.15, -0.1) is 11.3 Å². The van der Waals surface area contributed by atoms with Gasteiger partial charge < -0.3 is 4.74 Å². The largest absolute Gasteiger partial charge is 0.496 e. The zero-order valence-electron chi connectivity index (χ0n) is 12.9. The van der Waals surface area contributed by atoms with E-state index in [0.29, 0.717) is 11.9 Å². The molecule has 2 heterocycles. The first-order chi connectivity index (χ1) is 10.6. The predicted octanol–water partition coefficient (Wildman–Crippen LogP) is 3.39. The molecule has 22 heavy (non-hydrogen) atoms. The standard InChI is InChI=1S/C17H18N2O2S/c1-4-13-8-14-16(22-13)18-10-19(17(14)20)9-12-7-11(2)5-6-15(12)21-3/h5-8,10H,4,9H2,1-3H3. The van der Waals surface area contributed by atoms with Crippen LogP contribution in [0.4, 0.5) is 0 Å². The molecule has 0 radical (unpaired) electrons. The molecular formula is C17H18N2O2S. The van der Waals surface area contributed by atoms with Crippen LogP contribution in [0.3, 0.4) is 0 Å². The van der Waals surface area contributed by atoms with Gasteiger partial charge in [-0.2, -0.15) is 0 Å². The van der Waals surface area contributed by atoms with Crippen molar-refractivity contribution in [3.05, 3.63) is 57.0 Å². The molecule has 0 saturated heterocycles. The van der Waals surface area contributed by atoms with Crippen LogP contribution < -0.4 is 10.3 Å². The zero-order chi connectivity index (χ0) is 15.7. The number of aromatic nitrogens is 2. The van der Waals surface area contributed by atoms with Gasteiger partial charge in [-0.3, -0.25) is 9.36 Å². The van der Waals surface area contributed by atoms with Gasteiger partial charge in [0.2, 0.25) is 0 Å². The van der Waals surface area contributed by atoms with E-state index < -0.39 is 0 Å². The molecule has 114 valence electrons. The van der Waals surface area contributed by atoms with Gasteiger partial charge in [0.05, 0.1) is 25.4 Å². The van der Waals surface area contributed by atoms with Crippen molar-refractivity contribution in [2.75, 3.05) is 7.11 Å². The van der Waals surface area contributed by atoms with Crippen LogP contribution in [-0.4, -0.2) is 16.7 Å². The molecule has 0 bridgehead atoms. The van der Waals surface area contributed by atoms with Gasteiger partial charge in [0.15, 0.2) is 0 Å². The summed E-state index contributed by atoms with van der Waals surface area (Å²) in [5.74, 6) is 0.789. The van der Waals surface area contributed by atoms with Gasteiger partial charge in [0.1, 0.15) is 10.6 Å². The molecule has 1 aromatic carbocycles. The van der Waals surface area contributed by atoms with E-state index in [0.717, 1.165) is 28.1 Å². The van der Waals surface area contributed by atoms with Crippen molar-refractivity contribution < 1.29 is 4.74 Å².